The number of carbonyl (C=O) groups is 1. The van der Waals surface area contributed by atoms with Crippen molar-refractivity contribution in [2.75, 3.05) is 18.4 Å². The Balaban J connectivity index is 2.00. The highest BCUT2D eigenvalue weighted by Gasteiger charge is 2.33. The molecule has 1 aromatic rings. The maximum absolute atomic E-state index is 12.3. The van der Waals surface area contributed by atoms with E-state index in [1.165, 1.54) is 0 Å². The molecule has 0 spiro atoms. The third-order valence-corrected chi connectivity index (χ3v) is 3.30. The van der Waals surface area contributed by atoms with E-state index in [1.807, 2.05) is 45.0 Å². The number of benzene rings is 1. The maximum Gasteiger partial charge on any atom is 0.322 e. The molecule has 1 aliphatic rings. The predicted molar refractivity (Wildman–Crippen MR) is 79.6 cm³/mol. The fourth-order valence-corrected chi connectivity index (χ4v) is 2.54. The molecule has 0 aromatic heterocycles. The van der Waals surface area contributed by atoms with Crippen molar-refractivity contribution in [3.05, 3.63) is 29.8 Å². The summed E-state index contributed by atoms with van der Waals surface area (Å²) >= 11 is 0. The zero-order chi connectivity index (χ0) is 14.8. The van der Waals surface area contributed by atoms with Gasteiger partial charge in [0.05, 0.1) is 18.2 Å². The number of morpholine rings is 1. The van der Waals surface area contributed by atoms with Crippen molar-refractivity contribution in [1.82, 2.24) is 4.90 Å². The molecular formula is C15H23N3O2. The summed E-state index contributed by atoms with van der Waals surface area (Å²) in [5.74, 6) is 0. The van der Waals surface area contributed by atoms with Crippen molar-refractivity contribution in [3.63, 3.8) is 0 Å². The molecule has 0 radical (unpaired) electrons. The Kier molecular flexibility index (Phi) is 4.30. The summed E-state index contributed by atoms with van der Waals surface area (Å²) in [7, 11) is 0. The first-order valence-electron chi connectivity index (χ1n) is 6.92. The molecule has 1 aromatic carbocycles. The lowest BCUT2D eigenvalue weighted by molar-refractivity contribution is -0.116. The van der Waals surface area contributed by atoms with E-state index in [2.05, 4.69) is 5.32 Å². The van der Waals surface area contributed by atoms with Gasteiger partial charge in [0.1, 0.15) is 0 Å². The fourth-order valence-electron chi connectivity index (χ4n) is 2.54. The van der Waals surface area contributed by atoms with Crippen molar-refractivity contribution >= 4 is 11.7 Å². The van der Waals surface area contributed by atoms with E-state index in [9.17, 15) is 4.79 Å². The van der Waals surface area contributed by atoms with E-state index >= 15 is 0 Å². The molecule has 2 amide bonds. The van der Waals surface area contributed by atoms with Gasteiger partial charge in [-0.3, -0.25) is 0 Å². The van der Waals surface area contributed by atoms with E-state index in [0.717, 1.165) is 11.3 Å². The first kappa shape index (κ1) is 14.8. The first-order valence-corrected chi connectivity index (χ1v) is 6.92. The summed E-state index contributed by atoms with van der Waals surface area (Å²) < 4.78 is 5.80. The topological polar surface area (TPSA) is 67.6 Å². The second-order valence-electron chi connectivity index (χ2n) is 5.90. The Labute approximate surface area is 120 Å². The van der Waals surface area contributed by atoms with Gasteiger partial charge in [-0.2, -0.15) is 0 Å². The summed E-state index contributed by atoms with van der Waals surface area (Å²) in [5, 5.41) is 2.91. The van der Waals surface area contributed by atoms with Gasteiger partial charge in [0, 0.05) is 18.8 Å². The first-order chi connectivity index (χ1) is 9.39. The Morgan fingerprint density at radius 3 is 2.65 bits per heavy atom. The van der Waals surface area contributed by atoms with Crippen LogP contribution in [0.5, 0.6) is 0 Å². The molecule has 1 heterocycles. The molecular weight excluding hydrogens is 254 g/mol. The molecule has 0 bridgehead atoms. The highest BCUT2D eigenvalue weighted by Crippen LogP contribution is 2.21. The van der Waals surface area contributed by atoms with Gasteiger partial charge in [0.25, 0.3) is 0 Å². The van der Waals surface area contributed by atoms with Gasteiger partial charge in [0.2, 0.25) is 0 Å². The average molecular weight is 277 g/mol. The van der Waals surface area contributed by atoms with Crippen LogP contribution in [0.2, 0.25) is 0 Å². The highest BCUT2D eigenvalue weighted by atomic mass is 16.5. The zero-order valence-electron chi connectivity index (χ0n) is 12.3. The van der Waals surface area contributed by atoms with Crippen molar-refractivity contribution < 1.29 is 9.53 Å². The summed E-state index contributed by atoms with van der Waals surface area (Å²) in [6, 6.07) is 7.49. The molecule has 1 fully saturated rings. The van der Waals surface area contributed by atoms with E-state index in [-0.39, 0.29) is 17.7 Å². The molecule has 1 atom stereocenters. The predicted octanol–water partition coefficient (Wildman–Crippen LogP) is 2.18. The van der Waals surface area contributed by atoms with Crippen LogP contribution in [0.25, 0.3) is 0 Å². The molecule has 20 heavy (non-hydrogen) atoms. The number of nitrogens with zero attached hydrogens (tertiary/aromatic N) is 1. The van der Waals surface area contributed by atoms with E-state index in [0.29, 0.717) is 19.6 Å². The summed E-state index contributed by atoms with van der Waals surface area (Å²) in [4.78, 5) is 14.1. The van der Waals surface area contributed by atoms with Gasteiger partial charge >= 0.3 is 6.03 Å². The Morgan fingerprint density at radius 2 is 2.10 bits per heavy atom. The Bertz CT molecular complexity index is 471. The minimum atomic E-state index is -0.307. The summed E-state index contributed by atoms with van der Waals surface area (Å²) in [6.07, 6.45) is 0.0455. The Morgan fingerprint density at radius 1 is 1.45 bits per heavy atom. The largest absolute Gasteiger partial charge is 0.369 e. The molecule has 0 aliphatic carbocycles. The number of nitrogens with one attached hydrogen (secondary N) is 1. The number of nitrogens with two attached hydrogens (primary N) is 1. The standard InChI is InChI=1S/C15H23N3O2/c1-11-9-18(10-15(2,3)20-11)14(19)17-13-6-4-12(8-16)5-7-13/h4-7,11H,8-10,16H2,1-3H3,(H,17,19). The Hall–Kier alpha value is -1.59. The van der Waals surface area contributed by atoms with Gasteiger partial charge in [-0.25, -0.2) is 4.79 Å². The number of carbonyl (C=O) groups excluding carboxylic acids is 1. The molecule has 1 saturated heterocycles. The molecule has 2 rings (SSSR count). The zero-order valence-corrected chi connectivity index (χ0v) is 12.3. The van der Waals surface area contributed by atoms with Crippen LogP contribution in [0.4, 0.5) is 10.5 Å². The van der Waals surface area contributed by atoms with Crippen LogP contribution in [0, 0.1) is 0 Å². The van der Waals surface area contributed by atoms with Crippen LogP contribution in [0.1, 0.15) is 26.3 Å². The smallest absolute Gasteiger partial charge is 0.322 e. The summed E-state index contributed by atoms with van der Waals surface area (Å²) in [6.45, 7) is 7.68. The van der Waals surface area contributed by atoms with Crippen molar-refractivity contribution in [1.29, 1.82) is 0 Å². The van der Waals surface area contributed by atoms with E-state index < -0.39 is 0 Å². The SMILES string of the molecule is CC1CN(C(=O)Nc2ccc(CN)cc2)CC(C)(C)O1. The van der Waals surface area contributed by atoms with Gasteiger partial charge in [-0.15, -0.1) is 0 Å². The third kappa shape index (κ3) is 3.71. The number of amides is 2. The lowest BCUT2D eigenvalue weighted by Crippen LogP contribution is -2.54. The normalized spacial score (nSPS) is 21.6. The van der Waals surface area contributed by atoms with E-state index in [4.69, 9.17) is 10.5 Å². The molecule has 1 aliphatic heterocycles. The lowest BCUT2D eigenvalue weighted by atomic mass is 10.1. The third-order valence-electron chi connectivity index (χ3n) is 3.30. The molecule has 5 nitrogen and oxygen atoms in total. The number of rotatable bonds is 2. The van der Waals surface area contributed by atoms with Crippen LogP contribution >= 0.6 is 0 Å². The molecule has 110 valence electrons. The number of urea groups is 1. The van der Waals surface area contributed by atoms with E-state index in [1.54, 1.807) is 4.90 Å². The number of hydrogen-bond donors (Lipinski definition) is 2. The average Bonchev–Trinajstić information content (AvgIpc) is 2.37. The molecule has 3 N–H and O–H groups in total. The van der Waals surface area contributed by atoms with Crippen molar-refractivity contribution in [3.8, 4) is 0 Å². The van der Waals surface area contributed by atoms with Crippen molar-refractivity contribution in [2.24, 2.45) is 5.73 Å². The summed E-state index contributed by atoms with van der Waals surface area (Å²) in [5.41, 5.74) is 7.07. The van der Waals surface area contributed by atoms with Crippen LogP contribution < -0.4 is 11.1 Å². The van der Waals surface area contributed by atoms with Gasteiger partial charge in [-0.1, -0.05) is 12.1 Å². The second-order valence-corrected chi connectivity index (χ2v) is 5.90. The molecule has 1 unspecified atom stereocenters. The minimum Gasteiger partial charge on any atom is -0.369 e. The van der Waals surface area contributed by atoms with Crippen molar-refractivity contribution in [2.45, 2.75) is 39.0 Å². The lowest BCUT2D eigenvalue weighted by Gasteiger charge is -2.41. The van der Waals surface area contributed by atoms with Crippen LogP contribution in [0.3, 0.4) is 0 Å². The van der Waals surface area contributed by atoms with Crippen LogP contribution in [-0.4, -0.2) is 35.7 Å². The highest BCUT2D eigenvalue weighted by molar-refractivity contribution is 5.89. The maximum atomic E-state index is 12.3. The van der Waals surface area contributed by atoms with Gasteiger partial charge in [-0.05, 0) is 38.5 Å². The fraction of sp³-hybridized carbons (Fsp3) is 0.533. The monoisotopic (exact) mass is 277 g/mol. The minimum absolute atomic E-state index is 0.0455. The van der Waals surface area contributed by atoms with Gasteiger partial charge in [0.15, 0.2) is 0 Å². The quantitative estimate of drug-likeness (QED) is 0.870. The number of ether oxygens (including phenoxy) is 1. The van der Waals surface area contributed by atoms with Crippen LogP contribution in [0.15, 0.2) is 24.3 Å². The number of anilines is 1. The molecule has 0 saturated carbocycles. The second kappa shape index (κ2) is 5.81. The van der Waals surface area contributed by atoms with Crippen LogP contribution in [-0.2, 0) is 11.3 Å². The number of hydrogen-bond acceptors (Lipinski definition) is 3. The van der Waals surface area contributed by atoms with Gasteiger partial charge < -0.3 is 20.7 Å². The molecule has 5 heteroatoms.